The monoisotopic (exact) mass is 289 g/mol. The third-order valence-electron chi connectivity index (χ3n) is 3.42. The summed E-state index contributed by atoms with van der Waals surface area (Å²) >= 11 is 1.50. The van der Waals surface area contributed by atoms with E-state index in [-0.39, 0.29) is 5.91 Å². The van der Waals surface area contributed by atoms with Crippen LogP contribution < -0.4 is 0 Å². The van der Waals surface area contributed by atoms with Crippen molar-refractivity contribution in [3.63, 3.8) is 0 Å². The van der Waals surface area contributed by atoms with Crippen molar-refractivity contribution in [2.75, 3.05) is 13.6 Å². The van der Waals surface area contributed by atoms with Crippen LogP contribution in [0.1, 0.15) is 32.5 Å². The van der Waals surface area contributed by atoms with E-state index in [0.29, 0.717) is 12.1 Å². The van der Waals surface area contributed by atoms with Gasteiger partial charge >= 0.3 is 0 Å². The highest BCUT2D eigenvalue weighted by molar-refractivity contribution is 7.10. The van der Waals surface area contributed by atoms with Gasteiger partial charge in [-0.15, -0.1) is 11.3 Å². The van der Waals surface area contributed by atoms with Crippen molar-refractivity contribution >= 4 is 17.2 Å². The summed E-state index contributed by atoms with van der Waals surface area (Å²) in [4.78, 5) is 14.8. The molecule has 106 valence electrons. The summed E-state index contributed by atoms with van der Waals surface area (Å²) in [6, 6.07) is 9.45. The summed E-state index contributed by atoms with van der Waals surface area (Å²) in [5.41, 5.74) is 2.93. The Morgan fingerprint density at radius 2 is 2.05 bits per heavy atom. The minimum Gasteiger partial charge on any atom is -0.386 e. The molecule has 0 saturated heterocycles. The Bertz CT molecular complexity index is 593. The maximum Gasteiger partial charge on any atom is 0.253 e. The van der Waals surface area contributed by atoms with Gasteiger partial charge in [0.1, 0.15) is 6.10 Å². The highest BCUT2D eigenvalue weighted by atomic mass is 32.1. The fourth-order valence-corrected chi connectivity index (χ4v) is 2.71. The number of carbonyl (C=O) groups is 1. The first-order valence-electron chi connectivity index (χ1n) is 6.53. The standard InChI is InChI=1S/C16H19NO2S/c1-11-6-7-13(9-12(11)2)16(19)17(3)10-14(18)15-5-4-8-20-15/h4-9,14,18H,10H2,1-3H3. The second-order valence-electron chi connectivity index (χ2n) is 5.02. The zero-order chi connectivity index (χ0) is 14.7. The normalized spacial score (nSPS) is 12.2. The molecule has 0 saturated carbocycles. The number of benzene rings is 1. The van der Waals surface area contributed by atoms with Gasteiger partial charge in [0.25, 0.3) is 5.91 Å². The van der Waals surface area contributed by atoms with Gasteiger partial charge in [-0.2, -0.15) is 0 Å². The van der Waals surface area contributed by atoms with E-state index in [2.05, 4.69) is 0 Å². The highest BCUT2D eigenvalue weighted by Gasteiger charge is 2.17. The molecule has 0 fully saturated rings. The summed E-state index contributed by atoms with van der Waals surface area (Å²) in [7, 11) is 1.72. The van der Waals surface area contributed by atoms with E-state index in [1.54, 1.807) is 11.9 Å². The van der Waals surface area contributed by atoms with Gasteiger partial charge in [-0.05, 0) is 48.6 Å². The molecule has 0 aliphatic carbocycles. The molecule has 0 spiro atoms. The van der Waals surface area contributed by atoms with Gasteiger partial charge in [0, 0.05) is 17.5 Å². The predicted octanol–water partition coefficient (Wildman–Crippen LogP) is 3.17. The molecule has 2 aromatic rings. The smallest absolute Gasteiger partial charge is 0.253 e. The first kappa shape index (κ1) is 14.8. The van der Waals surface area contributed by atoms with E-state index < -0.39 is 6.10 Å². The number of amides is 1. The van der Waals surface area contributed by atoms with Crippen LogP contribution in [0.3, 0.4) is 0 Å². The predicted molar refractivity (Wildman–Crippen MR) is 82.2 cm³/mol. The number of nitrogens with zero attached hydrogens (tertiary/aromatic N) is 1. The summed E-state index contributed by atoms with van der Waals surface area (Å²) in [6.07, 6.45) is -0.629. The molecule has 0 radical (unpaired) electrons. The first-order chi connectivity index (χ1) is 9.49. The number of carbonyl (C=O) groups excluding carboxylic acids is 1. The van der Waals surface area contributed by atoms with E-state index in [9.17, 15) is 9.90 Å². The number of aliphatic hydroxyl groups excluding tert-OH is 1. The Hall–Kier alpha value is -1.65. The fraction of sp³-hybridized carbons (Fsp3) is 0.312. The molecule has 2 rings (SSSR count). The van der Waals surface area contributed by atoms with Crippen LogP contribution in [-0.4, -0.2) is 29.5 Å². The van der Waals surface area contributed by atoms with E-state index >= 15 is 0 Å². The van der Waals surface area contributed by atoms with Crippen LogP contribution >= 0.6 is 11.3 Å². The topological polar surface area (TPSA) is 40.5 Å². The van der Waals surface area contributed by atoms with E-state index in [0.717, 1.165) is 10.4 Å². The van der Waals surface area contributed by atoms with Crippen LogP contribution in [-0.2, 0) is 0 Å². The molecule has 0 aliphatic heterocycles. The molecule has 0 aliphatic rings. The molecule has 1 N–H and O–H groups in total. The van der Waals surface area contributed by atoms with Gasteiger partial charge in [-0.1, -0.05) is 12.1 Å². The first-order valence-corrected chi connectivity index (χ1v) is 7.41. The number of thiophene rings is 1. The summed E-state index contributed by atoms with van der Waals surface area (Å²) in [6.45, 7) is 4.31. The molecule has 1 heterocycles. The van der Waals surface area contributed by atoms with Gasteiger partial charge in [0.2, 0.25) is 0 Å². The average molecular weight is 289 g/mol. The quantitative estimate of drug-likeness (QED) is 0.939. The van der Waals surface area contributed by atoms with Crippen molar-refractivity contribution < 1.29 is 9.90 Å². The van der Waals surface area contributed by atoms with Crippen LogP contribution in [0, 0.1) is 13.8 Å². The van der Waals surface area contributed by atoms with E-state index in [1.165, 1.54) is 16.9 Å². The number of hydrogen-bond donors (Lipinski definition) is 1. The van der Waals surface area contributed by atoms with Crippen LogP contribution in [0.2, 0.25) is 0 Å². The number of aliphatic hydroxyl groups is 1. The van der Waals surface area contributed by atoms with E-state index in [1.807, 2.05) is 49.6 Å². The molecule has 0 bridgehead atoms. The van der Waals surface area contributed by atoms with Crippen molar-refractivity contribution in [1.29, 1.82) is 0 Å². The summed E-state index contributed by atoms with van der Waals surface area (Å²) < 4.78 is 0. The van der Waals surface area contributed by atoms with Crippen molar-refractivity contribution in [2.45, 2.75) is 20.0 Å². The maximum absolute atomic E-state index is 12.3. The van der Waals surface area contributed by atoms with Gasteiger partial charge in [-0.25, -0.2) is 0 Å². The van der Waals surface area contributed by atoms with Gasteiger partial charge in [0.15, 0.2) is 0 Å². The lowest BCUT2D eigenvalue weighted by molar-refractivity contribution is 0.0685. The average Bonchev–Trinajstić information content (AvgIpc) is 2.95. The third kappa shape index (κ3) is 3.26. The lowest BCUT2D eigenvalue weighted by Crippen LogP contribution is -2.30. The van der Waals surface area contributed by atoms with Crippen LogP contribution in [0.4, 0.5) is 0 Å². The molecule has 1 atom stereocenters. The van der Waals surface area contributed by atoms with Crippen molar-refractivity contribution in [1.82, 2.24) is 4.90 Å². The molecule has 1 unspecified atom stereocenters. The lowest BCUT2D eigenvalue weighted by Gasteiger charge is -2.20. The Morgan fingerprint density at radius 3 is 2.65 bits per heavy atom. The maximum atomic E-state index is 12.3. The Labute approximate surface area is 123 Å². The molecular weight excluding hydrogens is 270 g/mol. The highest BCUT2D eigenvalue weighted by Crippen LogP contribution is 2.20. The molecule has 20 heavy (non-hydrogen) atoms. The minimum atomic E-state index is -0.629. The molecule has 3 nitrogen and oxygen atoms in total. The Morgan fingerprint density at radius 1 is 1.30 bits per heavy atom. The van der Waals surface area contributed by atoms with E-state index in [4.69, 9.17) is 0 Å². The van der Waals surface area contributed by atoms with Crippen molar-refractivity contribution in [2.24, 2.45) is 0 Å². The molecule has 1 aromatic carbocycles. The van der Waals surface area contributed by atoms with Crippen LogP contribution in [0.25, 0.3) is 0 Å². The van der Waals surface area contributed by atoms with Crippen LogP contribution in [0.15, 0.2) is 35.7 Å². The van der Waals surface area contributed by atoms with Gasteiger partial charge < -0.3 is 10.0 Å². The molecule has 1 aromatic heterocycles. The zero-order valence-electron chi connectivity index (χ0n) is 12.0. The molecule has 4 heteroatoms. The van der Waals surface area contributed by atoms with Crippen molar-refractivity contribution in [3.05, 3.63) is 57.3 Å². The second kappa shape index (κ2) is 6.20. The van der Waals surface area contributed by atoms with Crippen LogP contribution in [0.5, 0.6) is 0 Å². The largest absolute Gasteiger partial charge is 0.386 e. The molecule has 1 amide bonds. The van der Waals surface area contributed by atoms with Crippen molar-refractivity contribution in [3.8, 4) is 0 Å². The van der Waals surface area contributed by atoms with Gasteiger partial charge in [0.05, 0.1) is 6.54 Å². The number of rotatable bonds is 4. The lowest BCUT2D eigenvalue weighted by atomic mass is 10.1. The zero-order valence-corrected chi connectivity index (χ0v) is 12.8. The number of aryl methyl sites for hydroxylation is 2. The fourth-order valence-electron chi connectivity index (χ4n) is 2.01. The Kier molecular flexibility index (Phi) is 4.57. The summed E-state index contributed by atoms with van der Waals surface area (Å²) in [5.74, 6) is -0.0660. The Balaban J connectivity index is 2.06. The van der Waals surface area contributed by atoms with Gasteiger partial charge in [-0.3, -0.25) is 4.79 Å². The molecular formula is C16H19NO2S. The number of hydrogen-bond acceptors (Lipinski definition) is 3. The summed E-state index contributed by atoms with van der Waals surface area (Å²) in [5, 5.41) is 12.0. The minimum absolute atomic E-state index is 0.0660. The third-order valence-corrected chi connectivity index (χ3v) is 4.39. The SMILES string of the molecule is Cc1ccc(C(=O)N(C)CC(O)c2cccs2)cc1C. The number of likely N-dealkylation sites (N-methyl/N-ethyl adjacent to an activating group) is 1. The second-order valence-corrected chi connectivity index (χ2v) is 6.00.